The van der Waals surface area contributed by atoms with Crippen molar-refractivity contribution in [1.82, 2.24) is 5.32 Å². The minimum atomic E-state index is -4.95. The minimum Gasteiger partial charge on any atom is -0.344 e. The first-order valence-electron chi connectivity index (χ1n) is 6.76. The summed E-state index contributed by atoms with van der Waals surface area (Å²) < 4.78 is 49.2. The number of nitrogens with one attached hydrogen (secondary N) is 2. The number of hydrogen-bond acceptors (Lipinski definition) is 2. The molecule has 0 fully saturated rings. The molecule has 2 aromatic rings. The third kappa shape index (κ3) is 4.80. The molecule has 2 rings (SSSR count). The number of carbonyl (C=O) groups is 2. The van der Waals surface area contributed by atoms with Gasteiger partial charge in [-0.3, -0.25) is 9.59 Å². The highest BCUT2D eigenvalue weighted by Crippen LogP contribution is 2.16. The van der Waals surface area contributed by atoms with E-state index < -0.39 is 23.8 Å². The summed E-state index contributed by atoms with van der Waals surface area (Å²) in [6.45, 7) is -0.335. The van der Waals surface area contributed by atoms with Crippen molar-refractivity contribution in [1.29, 1.82) is 0 Å². The second-order valence-electron chi connectivity index (χ2n) is 4.84. The van der Waals surface area contributed by atoms with E-state index >= 15 is 0 Å². The van der Waals surface area contributed by atoms with Gasteiger partial charge in [0.1, 0.15) is 5.82 Å². The topological polar surface area (TPSA) is 58.2 Å². The number of halogens is 4. The zero-order chi connectivity index (χ0) is 17.7. The molecule has 4 nitrogen and oxygen atoms in total. The van der Waals surface area contributed by atoms with Gasteiger partial charge >= 0.3 is 12.1 Å². The third-order valence-electron chi connectivity index (χ3n) is 3.00. The summed E-state index contributed by atoms with van der Waals surface area (Å²) in [5.74, 6) is -3.01. The number of amides is 2. The van der Waals surface area contributed by atoms with Crippen molar-refractivity contribution in [2.24, 2.45) is 0 Å². The maximum atomic E-state index is 12.8. The van der Waals surface area contributed by atoms with Gasteiger partial charge in [-0.25, -0.2) is 4.39 Å². The fourth-order valence-electron chi connectivity index (χ4n) is 1.85. The Labute approximate surface area is 134 Å². The molecule has 0 aliphatic rings. The summed E-state index contributed by atoms with van der Waals surface area (Å²) in [6.07, 6.45) is -4.95. The highest BCUT2D eigenvalue weighted by atomic mass is 19.4. The lowest BCUT2D eigenvalue weighted by molar-refractivity contribution is -0.173. The van der Waals surface area contributed by atoms with Gasteiger partial charge in [0.05, 0.1) is 0 Å². The molecule has 0 aromatic heterocycles. The third-order valence-corrected chi connectivity index (χ3v) is 3.00. The van der Waals surface area contributed by atoms with E-state index in [1.807, 2.05) is 0 Å². The molecular weight excluding hydrogens is 328 g/mol. The van der Waals surface area contributed by atoms with E-state index in [0.29, 0.717) is 11.3 Å². The molecule has 0 atom stereocenters. The molecule has 0 aliphatic heterocycles. The first-order chi connectivity index (χ1) is 11.3. The average Bonchev–Trinajstić information content (AvgIpc) is 2.52. The Hall–Kier alpha value is -2.90. The fourth-order valence-corrected chi connectivity index (χ4v) is 1.85. The molecule has 126 valence electrons. The summed E-state index contributed by atoms with van der Waals surface area (Å²) >= 11 is 0. The molecule has 2 amide bonds. The summed E-state index contributed by atoms with van der Waals surface area (Å²) in [6, 6.07) is 10.9. The second-order valence-corrected chi connectivity index (χ2v) is 4.84. The fraction of sp³-hybridized carbons (Fsp3) is 0.125. The lowest BCUT2D eigenvalue weighted by Gasteiger charge is -2.10. The Balaban J connectivity index is 2.01. The van der Waals surface area contributed by atoms with E-state index in [0.717, 1.165) is 12.1 Å². The van der Waals surface area contributed by atoms with Crippen LogP contribution >= 0.6 is 0 Å². The van der Waals surface area contributed by atoms with E-state index in [4.69, 9.17) is 0 Å². The smallest absolute Gasteiger partial charge is 0.344 e. The summed E-state index contributed by atoms with van der Waals surface area (Å²) in [5.41, 5.74) is 0.944. The monoisotopic (exact) mass is 340 g/mol. The Kier molecular flexibility index (Phi) is 5.18. The first-order valence-corrected chi connectivity index (χ1v) is 6.76. The Morgan fingerprint density at radius 3 is 2.29 bits per heavy atom. The van der Waals surface area contributed by atoms with Crippen LogP contribution in [0.1, 0.15) is 15.9 Å². The van der Waals surface area contributed by atoms with Crippen molar-refractivity contribution in [3.05, 3.63) is 65.5 Å². The predicted octanol–water partition coefficient (Wildman–Crippen LogP) is 3.26. The lowest BCUT2D eigenvalue weighted by Crippen LogP contribution is -2.36. The van der Waals surface area contributed by atoms with Gasteiger partial charge in [0.25, 0.3) is 5.91 Å². The van der Waals surface area contributed by atoms with Crippen LogP contribution in [0.3, 0.4) is 0 Å². The molecule has 0 saturated heterocycles. The van der Waals surface area contributed by atoms with E-state index in [1.54, 1.807) is 5.32 Å². The van der Waals surface area contributed by atoms with Crippen LogP contribution in [0.5, 0.6) is 0 Å². The van der Waals surface area contributed by atoms with Crippen molar-refractivity contribution in [3.63, 3.8) is 0 Å². The average molecular weight is 340 g/mol. The quantitative estimate of drug-likeness (QED) is 0.840. The van der Waals surface area contributed by atoms with Gasteiger partial charge in [-0.2, -0.15) is 13.2 Å². The second kappa shape index (κ2) is 7.12. The largest absolute Gasteiger partial charge is 0.471 e. The standard InChI is InChI=1S/C16H12F4N2O2/c17-12-6-4-11(5-7-12)14(23)22-13-3-1-2-10(8-13)9-21-15(24)16(18,19)20/h1-8H,9H2,(H,21,24)(H,22,23). The molecule has 0 unspecified atom stereocenters. The number of rotatable bonds is 4. The first kappa shape index (κ1) is 17.5. The maximum Gasteiger partial charge on any atom is 0.471 e. The highest BCUT2D eigenvalue weighted by Gasteiger charge is 2.38. The van der Waals surface area contributed by atoms with E-state index in [-0.39, 0.29) is 12.1 Å². The molecule has 0 heterocycles. The zero-order valence-corrected chi connectivity index (χ0v) is 12.2. The van der Waals surface area contributed by atoms with Crippen LogP contribution in [0, 0.1) is 5.82 Å². The van der Waals surface area contributed by atoms with Gasteiger partial charge in [-0.1, -0.05) is 12.1 Å². The van der Waals surface area contributed by atoms with Crippen LogP contribution < -0.4 is 10.6 Å². The molecule has 0 bridgehead atoms. The summed E-state index contributed by atoms with van der Waals surface area (Å²) in [4.78, 5) is 22.8. The summed E-state index contributed by atoms with van der Waals surface area (Å²) in [5, 5.41) is 4.28. The molecule has 0 aliphatic carbocycles. The summed E-state index contributed by atoms with van der Waals surface area (Å²) in [7, 11) is 0. The van der Waals surface area contributed by atoms with E-state index in [2.05, 4.69) is 5.32 Å². The van der Waals surface area contributed by atoms with Crippen LogP contribution in [0.25, 0.3) is 0 Å². The zero-order valence-electron chi connectivity index (χ0n) is 12.2. The number of carbonyl (C=O) groups excluding carboxylic acids is 2. The van der Waals surface area contributed by atoms with Crippen LogP contribution in [0.15, 0.2) is 48.5 Å². The van der Waals surface area contributed by atoms with Crippen molar-refractivity contribution >= 4 is 17.5 Å². The van der Waals surface area contributed by atoms with Crippen LogP contribution in [0.4, 0.5) is 23.2 Å². The number of alkyl halides is 3. The van der Waals surface area contributed by atoms with Gasteiger partial charge in [0.15, 0.2) is 0 Å². The highest BCUT2D eigenvalue weighted by molar-refractivity contribution is 6.04. The van der Waals surface area contributed by atoms with Crippen molar-refractivity contribution < 1.29 is 27.2 Å². The molecular formula is C16H12F4N2O2. The van der Waals surface area contributed by atoms with Crippen LogP contribution in [-0.2, 0) is 11.3 Å². The lowest BCUT2D eigenvalue weighted by atomic mass is 10.1. The minimum absolute atomic E-state index is 0.229. The normalized spacial score (nSPS) is 11.0. The SMILES string of the molecule is O=C(Nc1cccc(CNC(=O)C(F)(F)F)c1)c1ccc(F)cc1. The predicted molar refractivity (Wildman–Crippen MR) is 78.7 cm³/mol. The van der Waals surface area contributed by atoms with Crippen molar-refractivity contribution in [2.45, 2.75) is 12.7 Å². The van der Waals surface area contributed by atoms with Gasteiger partial charge in [0.2, 0.25) is 0 Å². The maximum absolute atomic E-state index is 12.8. The number of benzene rings is 2. The van der Waals surface area contributed by atoms with Crippen molar-refractivity contribution in [2.75, 3.05) is 5.32 Å². The molecule has 0 saturated carbocycles. The van der Waals surface area contributed by atoms with Crippen LogP contribution in [-0.4, -0.2) is 18.0 Å². The molecule has 2 aromatic carbocycles. The van der Waals surface area contributed by atoms with Gasteiger partial charge in [-0.05, 0) is 42.0 Å². The van der Waals surface area contributed by atoms with Gasteiger partial charge in [0, 0.05) is 17.8 Å². The van der Waals surface area contributed by atoms with E-state index in [9.17, 15) is 27.2 Å². The molecule has 0 spiro atoms. The molecule has 24 heavy (non-hydrogen) atoms. The molecule has 2 N–H and O–H groups in total. The Morgan fingerprint density at radius 2 is 1.67 bits per heavy atom. The van der Waals surface area contributed by atoms with Crippen LogP contribution in [0.2, 0.25) is 0 Å². The Bertz CT molecular complexity index is 742. The van der Waals surface area contributed by atoms with Gasteiger partial charge < -0.3 is 10.6 Å². The van der Waals surface area contributed by atoms with E-state index in [1.165, 1.54) is 36.4 Å². The Morgan fingerprint density at radius 1 is 1.00 bits per heavy atom. The van der Waals surface area contributed by atoms with Crippen molar-refractivity contribution in [3.8, 4) is 0 Å². The molecule has 0 radical (unpaired) electrons. The number of anilines is 1. The number of hydrogen-bond donors (Lipinski definition) is 2. The van der Waals surface area contributed by atoms with Gasteiger partial charge in [-0.15, -0.1) is 0 Å². The molecule has 8 heteroatoms.